The fourth-order valence-electron chi connectivity index (χ4n) is 1.56. The number of benzene rings is 1. The Morgan fingerprint density at radius 3 is 2.65 bits per heavy atom. The van der Waals surface area contributed by atoms with E-state index in [0.717, 1.165) is 18.2 Å². The van der Waals surface area contributed by atoms with E-state index < -0.39 is 21.8 Å². The van der Waals surface area contributed by atoms with E-state index in [1.165, 1.54) is 12.1 Å². The molecule has 0 atom stereocenters. The molecule has 0 aliphatic carbocycles. The van der Waals surface area contributed by atoms with Crippen molar-refractivity contribution in [2.75, 3.05) is 10.5 Å². The van der Waals surface area contributed by atoms with Gasteiger partial charge in [0, 0.05) is 17.3 Å². The van der Waals surface area contributed by atoms with Gasteiger partial charge in [0.15, 0.2) is 0 Å². The molecular weight excluding hydrogens is 285 g/mol. The standard InChI is InChI=1S/C13H16FNO4S/c1-9(2)8-20(18,19)15-11-4-5-12(14)10(7-11)3-6-13(16)17/h3-7,9,15H,8H2,1-2H3,(H,16,17)/b6-3+. The molecule has 110 valence electrons. The highest BCUT2D eigenvalue weighted by molar-refractivity contribution is 7.92. The molecule has 0 aromatic heterocycles. The minimum absolute atomic E-state index is 0.00264. The molecule has 1 aromatic carbocycles. The van der Waals surface area contributed by atoms with Crippen molar-refractivity contribution in [3.8, 4) is 0 Å². The molecule has 1 aromatic rings. The molecule has 0 spiro atoms. The quantitative estimate of drug-likeness (QED) is 0.790. The summed E-state index contributed by atoms with van der Waals surface area (Å²) in [6.45, 7) is 3.54. The number of carboxylic acid groups (broad SMARTS) is 1. The number of hydrogen-bond acceptors (Lipinski definition) is 3. The van der Waals surface area contributed by atoms with Crippen LogP contribution in [0.2, 0.25) is 0 Å². The number of sulfonamides is 1. The first-order chi connectivity index (χ1) is 9.19. The van der Waals surface area contributed by atoms with Crippen molar-refractivity contribution in [2.24, 2.45) is 5.92 Å². The van der Waals surface area contributed by atoms with Gasteiger partial charge in [-0.3, -0.25) is 4.72 Å². The molecule has 0 aliphatic heterocycles. The molecule has 0 fully saturated rings. The van der Waals surface area contributed by atoms with Crippen molar-refractivity contribution >= 4 is 27.8 Å². The molecule has 7 heteroatoms. The highest BCUT2D eigenvalue weighted by Crippen LogP contribution is 2.18. The first-order valence-electron chi connectivity index (χ1n) is 5.90. The fraction of sp³-hybridized carbons (Fsp3) is 0.308. The second kappa shape index (κ2) is 6.51. The predicted octanol–water partition coefficient (Wildman–Crippen LogP) is 2.32. The Morgan fingerprint density at radius 1 is 1.45 bits per heavy atom. The first-order valence-corrected chi connectivity index (χ1v) is 7.56. The Balaban J connectivity index is 2.98. The molecular formula is C13H16FNO4S. The van der Waals surface area contributed by atoms with E-state index in [1.807, 2.05) is 0 Å². The number of halogens is 1. The molecule has 1 rings (SSSR count). The summed E-state index contributed by atoms with van der Waals surface area (Å²) in [4.78, 5) is 10.4. The Kier molecular flexibility index (Phi) is 5.26. The van der Waals surface area contributed by atoms with Gasteiger partial charge in [-0.15, -0.1) is 0 Å². The van der Waals surface area contributed by atoms with Crippen LogP contribution in [-0.4, -0.2) is 25.2 Å². The van der Waals surface area contributed by atoms with Crippen molar-refractivity contribution in [1.82, 2.24) is 0 Å². The van der Waals surface area contributed by atoms with Gasteiger partial charge in [0.1, 0.15) is 5.82 Å². The smallest absolute Gasteiger partial charge is 0.328 e. The maximum absolute atomic E-state index is 13.4. The van der Waals surface area contributed by atoms with Gasteiger partial charge >= 0.3 is 5.97 Å². The third kappa shape index (κ3) is 5.40. The van der Waals surface area contributed by atoms with Gasteiger partial charge in [-0.25, -0.2) is 17.6 Å². The first kappa shape index (κ1) is 16.2. The normalized spacial score (nSPS) is 12.0. The zero-order valence-corrected chi connectivity index (χ0v) is 11.9. The minimum atomic E-state index is -3.51. The summed E-state index contributed by atoms with van der Waals surface area (Å²) in [6, 6.07) is 3.60. The monoisotopic (exact) mass is 301 g/mol. The van der Waals surface area contributed by atoms with E-state index in [1.54, 1.807) is 13.8 Å². The van der Waals surface area contributed by atoms with Crippen LogP contribution in [0.1, 0.15) is 19.4 Å². The average Bonchev–Trinajstić information content (AvgIpc) is 2.27. The lowest BCUT2D eigenvalue weighted by atomic mass is 10.2. The van der Waals surface area contributed by atoms with Gasteiger partial charge in [-0.1, -0.05) is 13.8 Å². The number of nitrogens with one attached hydrogen (secondary N) is 1. The fourth-order valence-corrected chi connectivity index (χ4v) is 3.00. The van der Waals surface area contributed by atoms with Crippen LogP contribution in [0.5, 0.6) is 0 Å². The van der Waals surface area contributed by atoms with Gasteiger partial charge in [0.25, 0.3) is 0 Å². The molecule has 0 bridgehead atoms. The topological polar surface area (TPSA) is 83.5 Å². The second-order valence-corrected chi connectivity index (χ2v) is 6.45. The molecule has 0 aliphatic rings. The van der Waals surface area contributed by atoms with Crippen LogP contribution in [-0.2, 0) is 14.8 Å². The number of aliphatic carboxylic acids is 1. The van der Waals surface area contributed by atoms with Crippen LogP contribution < -0.4 is 4.72 Å². The molecule has 0 saturated carbocycles. The second-order valence-electron chi connectivity index (χ2n) is 4.69. The van der Waals surface area contributed by atoms with Crippen molar-refractivity contribution in [2.45, 2.75) is 13.8 Å². The number of carboxylic acids is 1. The number of rotatable bonds is 6. The maximum Gasteiger partial charge on any atom is 0.328 e. The number of carbonyl (C=O) groups is 1. The minimum Gasteiger partial charge on any atom is -0.478 e. The molecule has 0 unspecified atom stereocenters. The summed E-state index contributed by atoms with van der Waals surface area (Å²) < 4.78 is 39.3. The van der Waals surface area contributed by atoms with Crippen LogP contribution in [0.25, 0.3) is 6.08 Å². The lowest BCUT2D eigenvalue weighted by Crippen LogP contribution is -2.20. The van der Waals surface area contributed by atoms with E-state index in [0.29, 0.717) is 0 Å². The van der Waals surface area contributed by atoms with Crippen LogP contribution in [0.3, 0.4) is 0 Å². The summed E-state index contributed by atoms with van der Waals surface area (Å²) in [7, 11) is -3.51. The van der Waals surface area contributed by atoms with E-state index in [4.69, 9.17) is 5.11 Å². The Labute approximate surface area is 117 Å². The van der Waals surface area contributed by atoms with Crippen molar-refractivity contribution in [3.05, 3.63) is 35.7 Å². The third-order valence-electron chi connectivity index (χ3n) is 2.23. The predicted molar refractivity (Wildman–Crippen MR) is 75.3 cm³/mol. The molecule has 0 saturated heterocycles. The molecule has 0 amide bonds. The summed E-state index contributed by atoms with van der Waals surface area (Å²) in [6.07, 6.45) is 1.85. The summed E-state index contributed by atoms with van der Waals surface area (Å²) >= 11 is 0. The van der Waals surface area contributed by atoms with Crippen molar-refractivity contribution in [1.29, 1.82) is 0 Å². The Morgan fingerprint density at radius 2 is 2.10 bits per heavy atom. The van der Waals surface area contributed by atoms with E-state index >= 15 is 0 Å². The largest absolute Gasteiger partial charge is 0.478 e. The zero-order chi connectivity index (χ0) is 15.3. The lowest BCUT2D eigenvalue weighted by Gasteiger charge is -2.10. The lowest BCUT2D eigenvalue weighted by molar-refractivity contribution is -0.131. The van der Waals surface area contributed by atoms with Crippen LogP contribution in [0, 0.1) is 11.7 Å². The van der Waals surface area contributed by atoms with Gasteiger partial charge in [0.05, 0.1) is 5.75 Å². The SMILES string of the molecule is CC(C)CS(=O)(=O)Nc1ccc(F)c(/C=C/C(=O)O)c1. The van der Waals surface area contributed by atoms with E-state index in [-0.39, 0.29) is 22.9 Å². The van der Waals surface area contributed by atoms with Crippen molar-refractivity contribution in [3.63, 3.8) is 0 Å². The number of anilines is 1. The maximum atomic E-state index is 13.4. The Bertz CT molecular complexity index is 623. The Hall–Kier alpha value is -1.89. The molecule has 0 radical (unpaired) electrons. The van der Waals surface area contributed by atoms with Crippen LogP contribution in [0.4, 0.5) is 10.1 Å². The van der Waals surface area contributed by atoms with Crippen molar-refractivity contribution < 1.29 is 22.7 Å². The van der Waals surface area contributed by atoms with E-state index in [9.17, 15) is 17.6 Å². The third-order valence-corrected chi connectivity index (χ3v) is 3.88. The highest BCUT2D eigenvalue weighted by Gasteiger charge is 2.13. The summed E-state index contributed by atoms with van der Waals surface area (Å²) in [5.41, 5.74) is 0.189. The summed E-state index contributed by atoms with van der Waals surface area (Å²) in [5.74, 6) is -1.94. The number of hydrogen-bond donors (Lipinski definition) is 2. The van der Waals surface area contributed by atoms with E-state index in [2.05, 4.69) is 4.72 Å². The molecule has 5 nitrogen and oxygen atoms in total. The van der Waals surface area contributed by atoms with Crippen LogP contribution >= 0.6 is 0 Å². The average molecular weight is 301 g/mol. The zero-order valence-electron chi connectivity index (χ0n) is 11.1. The van der Waals surface area contributed by atoms with Gasteiger partial charge in [-0.05, 0) is 30.2 Å². The highest BCUT2D eigenvalue weighted by atomic mass is 32.2. The molecule has 20 heavy (non-hydrogen) atoms. The van der Waals surface area contributed by atoms with Gasteiger partial charge in [0.2, 0.25) is 10.0 Å². The molecule has 0 heterocycles. The van der Waals surface area contributed by atoms with Gasteiger partial charge in [-0.2, -0.15) is 0 Å². The van der Waals surface area contributed by atoms with Gasteiger partial charge < -0.3 is 5.11 Å². The van der Waals surface area contributed by atoms with Crippen LogP contribution in [0.15, 0.2) is 24.3 Å². The summed E-state index contributed by atoms with van der Waals surface area (Å²) in [5, 5.41) is 8.50. The molecule has 2 N–H and O–H groups in total.